The molecule has 1 unspecified atom stereocenters. The highest BCUT2D eigenvalue weighted by Gasteiger charge is 2.38. The van der Waals surface area contributed by atoms with Gasteiger partial charge in [-0.3, -0.25) is 0 Å². The first-order valence-electron chi connectivity index (χ1n) is 9.37. The molecule has 1 fully saturated rings. The normalized spacial score (nSPS) is 17.2. The SMILES string of the molecule is Cc1ccc(S(=O)(=O)N2CC(c3ccccc3)N(c3cccc(C#N)c3)C2)cc1. The minimum atomic E-state index is -3.63. The van der Waals surface area contributed by atoms with Crippen molar-refractivity contribution in [1.29, 1.82) is 5.26 Å². The summed E-state index contributed by atoms with van der Waals surface area (Å²) < 4.78 is 28.0. The van der Waals surface area contributed by atoms with Gasteiger partial charge in [0.2, 0.25) is 10.0 Å². The molecule has 0 aromatic heterocycles. The van der Waals surface area contributed by atoms with E-state index in [0.717, 1.165) is 16.8 Å². The van der Waals surface area contributed by atoms with Crippen LogP contribution in [0.25, 0.3) is 0 Å². The summed E-state index contributed by atoms with van der Waals surface area (Å²) in [5.41, 5.74) is 3.44. The summed E-state index contributed by atoms with van der Waals surface area (Å²) in [6.45, 7) is 2.50. The molecular weight excluding hydrogens is 382 g/mol. The molecule has 3 aromatic carbocycles. The molecule has 1 aliphatic rings. The zero-order chi connectivity index (χ0) is 20.4. The number of benzene rings is 3. The minimum Gasteiger partial charge on any atom is -0.349 e. The number of nitrogens with zero attached hydrogens (tertiary/aromatic N) is 3. The summed E-state index contributed by atoms with van der Waals surface area (Å²) in [4.78, 5) is 2.34. The Morgan fingerprint density at radius 3 is 2.38 bits per heavy atom. The van der Waals surface area contributed by atoms with Crippen molar-refractivity contribution in [2.45, 2.75) is 17.9 Å². The predicted molar refractivity (Wildman–Crippen MR) is 113 cm³/mol. The third kappa shape index (κ3) is 3.75. The second-order valence-corrected chi connectivity index (χ2v) is 9.09. The number of sulfonamides is 1. The molecule has 5 nitrogen and oxygen atoms in total. The van der Waals surface area contributed by atoms with Gasteiger partial charge in [-0.2, -0.15) is 9.57 Å². The highest BCUT2D eigenvalue weighted by atomic mass is 32.2. The molecule has 1 heterocycles. The Kier molecular flexibility index (Phi) is 5.10. The van der Waals surface area contributed by atoms with Crippen molar-refractivity contribution in [2.75, 3.05) is 18.1 Å². The lowest BCUT2D eigenvalue weighted by Crippen LogP contribution is -2.31. The van der Waals surface area contributed by atoms with E-state index < -0.39 is 10.0 Å². The Morgan fingerprint density at radius 1 is 0.966 bits per heavy atom. The van der Waals surface area contributed by atoms with Gasteiger partial charge in [0.05, 0.1) is 29.2 Å². The first-order valence-corrected chi connectivity index (χ1v) is 10.8. The summed E-state index contributed by atoms with van der Waals surface area (Å²) in [5, 5.41) is 9.27. The molecule has 0 saturated carbocycles. The second-order valence-electron chi connectivity index (χ2n) is 7.15. The fourth-order valence-corrected chi connectivity index (χ4v) is 5.02. The van der Waals surface area contributed by atoms with Crippen molar-refractivity contribution >= 4 is 15.7 Å². The van der Waals surface area contributed by atoms with E-state index in [1.807, 2.05) is 66.4 Å². The topological polar surface area (TPSA) is 64.4 Å². The van der Waals surface area contributed by atoms with Gasteiger partial charge < -0.3 is 4.90 Å². The van der Waals surface area contributed by atoms with E-state index in [2.05, 4.69) is 6.07 Å². The van der Waals surface area contributed by atoms with Crippen molar-refractivity contribution in [1.82, 2.24) is 4.31 Å². The number of aryl methyl sites for hydroxylation is 1. The lowest BCUT2D eigenvalue weighted by molar-refractivity contribution is 0.473. The maximum atomic E-state index is 13.3. The van der Waals surface area contributed by atoms with Crippen LogP contribution in [0.3, 0.4) is 0 Å². The van der Waals surface area contributed by atoms with Crippen molar-refractivity contribution < 1.29 is 8.42 Å². The van der Waals surface area contributed by atoms with Crippen molar-refractivity contribution in [3.63, 3.8) is 0 Å². The number of nitriles is 1. The zero-order valence-corrected chi connectivity index (χ0v) is 16.9. The molecule has 0 radical (unpaired) electrons. The second kappa shape index (κ2) is 7.70. The summed E-state index contributed by atoms with van der Waals surface area (Å²) in [6.07, 6.45) is 0. The van der Waals surface area contributed by atoms with Gasteiger partial charge in [0.15, 0.2) is 0 Å². The molecule has 6 heteroatoms. The number of rotatable bonds is 4. The van der Waals surface area contributed by atoms with E-state index in [0.29, 0.717) is 17.0 Å². The molecule has 1 aliphatic heterocycles. The van der Waals surface area contributed by atoms with Gasteiger partial charge in [0.25, 0.3) is 0 Å². The number of hydrogen-bond acceptors (Lipinski definition) is 4. The van der Waals surface area contributed by atoms with Crippen LogP contribution in [0, 0.1) is 18.3 Å². The summed E-state index contributed by atoms with van der Waals surface area (Å²) in [5.74, 6) is 0. The fraction of sp³-hybridized carbons (Fsp3) is 0.174. The fourth-order valence-electron chi connectivity index (χ4n) is 3.63. The van der Waals surface area contributed by atoms with Gasteiger partial charge in [-0.05, 0) is 42.8 Å². The quantitative estimate of drug-likeness (QED) is 0.659. The van der Waals surface area contributed by atoms with E-state index in [1.165, 1.54) is 4.31 Å². The molecule has 0 aliphatic carbocycles. The maximum Gasteiger partial charge on any atom is 0.244 e. The number of anilines is 1. The molecule has 0 N–H and O–H groups in total. The molecule has 4 rings (SSSR count). The standard InChI is InChI=1S/C23H21N3O2S/c1-18-10-12-22(13-11-18)29(27,28)25-16-23(20-7-3-2-4-8-20)26(17-25)21-9-5-6-19(14-21)15-24/h2-14,23H,16-17H2,1H3. The number of hydrogen-bond donors (Lipinski definition) is 0. The van der Waals surface area contributed by atoms with Crippen LogP contribution in [0.2, 0.25) is 0 Å². The third-order valence-corrected chi connectivity index (χ3v) is 7.03. The third-order valence-electron chi connectivity index (χ3n) is 5.21. The highest BCUT2D eigenvalue weighted by molar-refractivity contribution is 7.89. The maximum absolute atomic E-state index is 13.3. The average Bonchev–Trinajstić information content (AvgIpc) is 3.21. The molecule has 3 aromatic rings. The van der Waals surface area contributed by atoms with E-state index in [-0.39, 0.29) is 12.7 Å². The smallest absolute Gasteiger partial charge is 0.244 e. The molecule has 1 atom stereocenters. The van der Waals surface area contributed by atoms with Crippen molar-refractivity contribution in [2.24, 2.45) is 0 Å². The molecule has 0 amide bonds. The molecule has 146 valence electrons. The van der Waals surface area contributed by atoms with Gasteiger partial charge in [0, 0.05) is 12.2 Å². The molecule has 0 bridgehead atoms. The highest BCUT2D eigenvalue weighted by Crippen LogP contribution is 2.35. The van der Waals surface area contributed by atoms with Gasteiger partial charge in [0.1, 0.15) is 0 Å². The van der Waals surface area contributed by atoms with Crippen LogP contribution >= 0.6 is 0 Å². The van der Waals surface area contributed by atoms with Gasteiger partial charge >= 0.3 is 0 Å². The van der Waals surface area contributed by atoms with Crippen LogP contribution in [-0.4, -0.2) is 25.9 Å². The Bertz CT molecular complexity index is 1150. The van der Waals surface area contributed by atoms with Crippen LogP contribution in [0.4, 0.5) is 5.69 Å². The Balaban J connectivity index is 1.73. The van der Waals surface area contributed by atoms with Crippen molar-refractivity contribution in [3.8, 4) is 6.07 Å². The Labute approximate surface area is 171 Å². The van der Waals surface area contributed by atoms with Gasteiger partial charge in [-0.25, -0.2) is 8.42 Å². The van der Waals surface area contributed by atoms with Gasteiger partial charge in [-0.15, -0.1) is 0 Å². The van der Waals surface area contributed by atoms with Crippen LogP contribution in [0.1, 0.15) is 22.7 Å². The van der Waals surface area contributed by atoms with Crippen LogP contribution < -0.4 is 4.90 Å². The van der Waals surface area contributed by atoms with Crippen LogP contribution in [-0.2, 0) is 10.0 Å². The lowest BCUT2D eigenvalue weighted by Gasteiger charge is -2.26. The summed E-state index contributed by atoms with van der Waals surface area (Å²) >= 11 is 0. The van der Waals surface area contributed by atoms with E-state index >= 15 is 0 Å². The zero-order valence-electron chi connectivity index (χ0n) is 16.1. The van der Waals surface area contributed by atoms with E-state index in [1.54, 1.807) is 24.3 Å². The molecule has 1 saturated heterocycles. The van der Waals surface area contributed by atoms with E-state index in [4.69, 9.17) is 0 Å². The largest absolute Gasteiger partial charge is 0.349 e. The minimum absolute atomic E-state index is 0.134. The monoisotopic (exact) mass is 403 g/mol. The first-order chi connectivity index (χ1) is 14.0. The van der Waals surface area contributed by atoms with Gasteiger partial charge in [-0.1, -0.05) is 54.1 Å². The molecule has 0 spiro atoms. The molecular formula is C23H21N3O2S. The molecule has 29 heavy (non-hydrogen) atoms. The van der Waals surface area contributed by atoms with E-state index in [9.17, 15) is 13.7 Å². The Morgan fingerprint density at radius 2 is 1.69 bits per heavy atom. The predicted octanol–water partition coefficient (Wildman–Crippen LogP) is 4.08. The summed E-state index contributed by atoms with van der Waals surface area (Å²) in [7, 11) is -3.63. The Hall–Kier alpha value is -3.14. The van der Waals surface area contributed by atoms with Crippen LogP contribution in [0.15, 0.2) is 83.8 Å². The summed E-state index contributed by atoms with van der Waals surface area (Å²) in [6, 6.07) is 26.1. The average molecular weight is 404 g/mol. The van der Waals surface area contributed by atoms with Crippen molar-refractivity contribution in [3.05, 3.63) is 95.6 Å². The van der Waals surface area contributed by atoms with Crippen LogP contribution in [0.5, 0.6) is 0 Å². The lowest BCUT2D eigenvalue weighted by atomic mass is 10.1. The first kappa shape index (κ1) is 19.2.